The van der Waals surface area contributed by atoms with Crippen molar-refractivity contribution >= 4 is 17.5 Å². The van der Waals surface area contributed by atoms with Gasteiger partial charge in [-0.05, 0) is 49.9 Å². The normalized spacial score (nSPS) is 26.3. The van der Waals surface area contributed by atoms with Crippen molar-refractivity contribution in [3.05, 3.63) is 34.9 Å². The number of rotatable bonds is 3. The Hall–Kier alpha value is -1.06. The predicted molar refractivity (Wildman–Crippen MR) is 81.0 cm³/mol. The molecule has 1 saturated heterocycles. The molecule has 1 amide bonds. The number of carbonyl (C=O) groups excluding carboxylic acids is 1. The van der Waals surface area contributed by atoms with Gasteiger partial charge in [-0.3, -0.25) is 4.79 Å². The maximum atomic E-state index is 12.6. The maximum Gasteiger partial charge on any atom is 0.226 e. The molecule has 20 heavy (non-hydrogen) atoms. The van der Waals surface area contributed by atoms with E-state index in [4.69, 9.17) is 11.6 Å². The Balaban J connectivity index is 1.63. The fourth-order valence-electron chi connectivity index (χ4n) is 3.22. The van der Waals surface area contributed by atoms with Crippen molar-refractivity contribution in [2.75, 3.05) is 20.1 Å². The van der Waals surface area contributed by atoms with Crippen molar-refractivity contribution in [1.29, 1.82) is 0 Å². The number of amides is 1. The van der Waals surface area contributed by atoms with Crippen LogP contribution in [0.3, 0.4) is 0 Å². The molecule has 0 radical (unpaired) electrons. The molecule has 1 aromatic rings. The molecular formula is C16H21ClN2O. The number of carbonyl (C=O) groups is 1. The largest absolute Gasteiger partial charge is 0.342 e. The van der Waals surface area contributed by atoms with Gasteiger partial charge in [-0.25, -0.2) is 0 Å². The fraction of sp³-hybridized carbons (Fsp3) is 0.562. The highest BCUT2D eigenvalue weighted by molar-refractivity contribution is 6.31. The first-order chi connectivity index (χ1) is 9.68. The molecular weight excluding hydrogens is 272 g/mol. The van der Waals surface area contributed by atoms with Gasteiger partial charge in [0.1, 0.15) is 0 Å². The van der Waals surface area contributed by atoms with Crippen LogP contribution in [0.1, 0.15) is 30.7 Å². The first kappa shape index (κ1) is 13.9. The minimum atomic E-state index is 0.134. The molecule has 3 rings (SSSR count). The lowest BCUT2D eigenvalue weighted by Crippen LogP contribution is -2.44. The molecule has 1 heterocycles. The molecule has 2 atom stereocenters. The Kier molecular flexibility index (Phi) is 3.99. The minimum Gasteiger partial charge on any atom is -0.342 e. The summed E-state index contributed by atoms with van der Waals surface area (Å²) in [5, 5.41) is 4.13. The molecule has 1 N–H and O–H groups in total. The molecule has 108 valence electrons. The molecule has 0 unspecified atom stereocenters. The molecule has 0 spiro atoms. The molecule has 0 bridgehead atoms. The smallest absolute Gasteiger partial charge is 0.226 e. The van der Waals surface area contributed by atoms with Crippen molar-refractivity contribution in [2.24, 2.45) is 5.92 Å². The Morgan fingerprint density at radius 2 is 2.00 bits per heavy atom. The van der Waals surface area contributed by atoms with Crippen LogP contribution >= 0.6 is 11.6 Å². The van der Waals surface area contributed by atoms with Crippen LogP contribution in [-0.2, 0) is 4.79 Å². The highest BCUT2D eigenvalue weighted by Gasteiger charge is 2.46. The summed E-state index contributed by atoms with van der Waals surface area (Å²) in [5.74, 6) is 0.747. The summed E-state index contributed by atoms with van der Waals surface area (Å²) < 4.78 is 0. The van der Waals surface area contributed by atoms with E-state index in [2.05, 4.69) is 5.32 Å². The number of benzene rings is 1. The third-order valence-corrected chi connectivity index (χ3v) is 4.96. The van der Waals surface area contributed by atoms with E-state index in [0.29, 0.717) is 17.9 Å². The lowest BCUT2D eigenvalue weighted by atomic mass is 10.0. The van der Waals surface area contributed by atoms with Crippen molar-refractivity contribution in [1.82, 2.24) is 10.2 Å². The zero-order valence-corrected chi connectivity index (χ0v) is 12.6. The van der Waals surface area contributed by atoms with Gasteiger partial charge in [-0.1, -0.05) is 29.8 Å². The second-order valence-corrected chi connectivity index (χ2v) is 6.31. The highest BCUT2D eigenvalue weighted by Crippen LogP contribution is 2.50. The van der Waals surface area contributed by atoms with Crippen LogP contribution < -0.4 is 5.32 Å². The summed E-state index contributed by atoms with van der Waals surface area (Å²) in [6.07, 6.45) is 3.06. The van der Waals surface area contributed by atoms with Gasteiger partial charge in [-0.2, -0.15) is 0 Å². The number of halogens is 1. The van der Waals surface area contributed by atoms with Gasteiger partial charge in [0.2, 0.25) is 5.91 Å². The van der Waals surface area contributed by atoms with E-state index in [0.717, 1.165) is 42.9 Å². The average molecular weight is 293 g/mol. The molecule has 3 nitrogen and oxygen atoms in total. The highest BCUT2D eigenvalue weighted by atomic mass is 35.5. The summed E-state index contributed by atoms with van der Waals surface area (Å²) in [6, 6.07) is 8.29. The van der Waals surface area contributed by atoms with Crippen molar-refractivity contribution in [3.63, 3.8) is 0 Å². The Bertz CT molecular complexity index is 499. The van der Waals surface area contributed by atoms with E-state index in [-0.39, 0.29) is 5.92 Å². The minimum absolute atomic E-state index is 0.134. The molecule has 1 aliphatic carbocycles. The van der Waals surface area contributed by atoms with E-state index in [1.54, 1.807) is 0 Å². The third kappa shape index (κ3) is 2.70. The van der Waals surface area contributed by atoms with Gasteiger partial charge in [0, 0.05) is 24.0 Å². The number of nitrogens with zero attached hydrogens (tertiary/aromatic N) is 1. The average Bonchev–Trinajstić information content (AvgIpc) is 3.27. The lowest BCUT2D eigenvalue weighted by molar-refractivity contribution is -0.133. The van der Waals surface area contributed by atoms with Crippen molar-refractivity contribution in [2.45, 2.75) is 31.2 Å². The predicted octanol–water partition coefficient (Wildman–Crippen LogP) is 2.65. The second-order valence-electron chi connectivity index (χ2n) is 5.90. The second kappa shape index (κ2) is 5.74. The van der Waals surface area contributed by atoms with E-state index in [1.165, 1.54) is 0 Å². The zero-order valence-electron chi connectivity index (χ0n) is 11.8. The molecule has 4 heteroatoms. The number of hydrogen-bond acceptors (Lipinski definition) is 2. The Morgan fingerprint density at radius 3 is 2.70 bits per heavy atom. The van der Waals surface area contributed by atoms with Crippen LogP contribution in [0.15, 0.2) is 24.3 Å². The SMILES string of the molecule is CN(C(=O)[C@@H]1C[C@H]1c1ccccc1Cl)C1CCNCC1. The molecule has 2 aliphatic rings. The van der Waals surface area contributed by atoms with Crippen molar-refractivity contribution < 1.29 is 4.79 Å². The molecule has 1 aromatic carbocycles. The summed E-state index contributed by atoms with van der Waals surface area (Å²) in [5.41, 5.74) is 1.13. The third-order valence-electron chi connectivity index (χ3n) is 4.62. The number of nitrogens with one attached hydrogen (secondary N) is 1. The van der Waals surface area contributed by atoms with Gasteiger partial charge in [-0.15, -0.1) is 0 Å². The van der Waals surface area contributed by atoms with Crippen LogP contribution in [0, 0.1) is 5.92 Å². The van der Waals surface area contributed by atoms with Gasteiger partial charge in [0.15, 0.2) is 0 Å². The summed E-state index contributed by atoms with van der Waals surface area (Å²) in [6.45, 7) is 2.03. The lowest BCUT2D eigenvalue weighted by Gasteiger charge is -2.32. The van der Waals surface area contributed by atoms with E-state index in [9.17, 15) is 4.79 Å². The Morgan fingerprint density at radius 1 is 1.30 bits per heavy atom. The van der Waals surface area contributed by atoms with Crippen molar-refractivity contribution in [3.8, 4) is 0 Å². The zero-order chi connectivity index (χ0) is 14.1. The Labute approximate surface area is 125 Å². The first-order valence-electron chi connectivity index (χ1n) is 7.40. The first-order valence-corrected chi connectivity index (χ1v) is 7.78. The topological polar surface area (TPSA) is 32.3 Å². The van der Waals surface area contributed by atoms with Crippen LogP contribution in [0.25, 0.3) is 0 Å². The van der Waals surface area contributed by atoms with Crippen LogP contribution in [0.2, 0.25) is 5.02 Å². The summed E-state index contributed by atoms with van der Waals surface area (Å²) in [4.78, 5) is 14.5. The molecule has 0 aromatic heterocycles. The van der Waals surface area contributed by atoms with E-state index < -0.39 is 0 Å². The number of piperidine rings is 1. The van der Waals surface area contributed by atoms with Gasteiger partial charge >= 0.3 is 0 Å². The quantitative estimate of drug-likeness (QED) is 0.929. The summed E-state index contributed by atoms with van der Waals surface area (Å²) in [7, 11) is 1.96. The molecule has 1 saturated carbocycles. The van der Waals surface area contributed by atoms with E-state index >= 15 is 0 Å². The van der Waals surface area contributed by atoms with Gasteiger partial charge in [0.05, 0.1) is 0 Å². The van der Waals surface area contributed by atoms with Crippen LogP contribution in [0.4, 0.5) is 0 Å². The van der Waals surface area contributed by atoms with Gasteiger partial charge < -0.3 is 10.2 Å². The monoisotopic (exact) mass is 292 g/mol. The fourth-order valence-corrected chi connectivity index (χ4v) is 3.50. The standard InChI is InChI=1S/C16H21ClN2O/c1-19(11-6-8-18-9-7-11)16(20)14-10-13(14)12-4-2-3-5-15(12)17/h2-5,11,13-14,18H,6-10H2,1H3/t13-,14+/m0/s1. The van der Waals surface area contributed by atoms with E-state index in [1.807, 2.05) is 36.2 Å². The van der Waals surface area contributed by atoms with Crippen LogP contribution in [0.5, 0.6) is 0 Å². The molecule has 1 aliphatic heterocycles. The van der Waals surface area contributed by atoms with Gasteiger partial charge in [0.25, 0.3) is 0 Å². The maximum absolute atomic E-state index is 12.6. The summed E-state index contributed by atoms with van der Waals surface area (Å²) >= 11 is 6.22. The molecule has 2 fully saturated rings. The van der Waals surface area contributed by atoms with Crippen LogP contribution in [-0.4, -0.2) is 37.0 Å². The number of hydrogen-bond donors (Lipinski definition) is 1.